The average molecular weight is 234 g/mol. The number of carbonyl (C=O) groups excluding carboxylic acids is 1. The molecular formula is C8H8ClNO3S. The molecule has 0 spiro atoms. The highest BCUT2D eigenvalue weighted by Crippen LogP contribution is 2.24. The van der Waals surface area contributed by atoms with E-state index < -0.39 is 6.10 Å². The smallest absolute Gasteiger partial charge is 0.289 e. The topological polar surface area (TPSA) is 49.8 Å². The molecular weight excluding hydrogens is 226 g/mol. The molecule has 1 aliphatic heterocycles. The second-order valence-corrected chi connectivity index (χ2v) is 4.24. The number of hydrogen-bond donors (Lipinski definition) is 1. The number of aliphatic hydroxyl groups is 1. The van der Waals surface area contributed by atoms with Crippen LogP contribution in [0.3, 0.4) is 0 Å². The van der Waals surface area contributed by atoms with Crippen molar-refractivity contribution in [2.45, 2.75) is 6.10 Å². The fourth-order valence-electron chi connectivity index (χ4n) is 1.17. The monoisotopic (exact) mass is 233 g/mol. The molecule has 0 aromatic carbocycles. The highest BCUT2D eigenvalue weighted by molar-refractivity contribution is 7.12. The molecule has 1 amide bonds. The lowest BCUT2D eigenvalue weighted by Gasteiger charge is -2.12. The minimum atomic E-state index is -0.599. The van der Waals surface area contributed by atoms with Crippen LogP contribution in [0.25, 0.3) is 0 Å². The largest absolute Gasteiger partial charge is 0.389 e. The van der Waals surface area contributed by atoms with Crippen molar-refractivity contribution >= 4 is 28.8 Å². The summed E-state index contributed by atoms with van der Waals surface area (Å²) < 4.78 is 0. The summed E-state index contributed by atoms with van der Waals surface area (Å²) in [6, 6.07) is 1.66. The fourth-order valence-corrected chi connectivity index (χ4v) is 2.25. The van der Waals surface area contributed by atoms with E-state index in [0.29, 0.717) is 9.90 Å². The SMILES string of the molecule is O=C(c1sccc1Cl)N1C[C@@H](O)CO1. The van der Waals surface area contributed by atoms with Crippen LogP contribution in [-0.4, -0.2) is 35.3 Å². The summed E-state index contributed by atoms with van der Waals surface area (Å²) in [6.45, 7) is 0.363. The Kier molecular flexibility index (Phi) is 2.73. The van der Waals surface area contributed by atoms with E-state index in [2.05, 4.69) is 0 Å². The molecule has 6 heteroatoms. The van der Waals surface area contributed by atoms with Crippen LogP contribution in [0.2, 0.25) is 5.02 Å². The van der Waals surface area contributed by atoms with Crippen molar-refractivity contribution in [2.75, 3.05) is 13.2 Å². The lowest BCUT2D eigenvalue weighted by atomic mass is 10.4. The average Bonchev–Trinajstić information content (AvgIpc) is 2.73. The number of amides is 1. The first-order valence-corrected chi connectivity index (χ1v) is 5.30. The van der Waals surface area contributed by atoms with E-state index in [0.717, 1.165) is 5.06 Å². The van der Waals surface area contributed by atoms with Gasteiger partial charge in [-0.3, -0.25) is 9.63 Å². The molecule has 0 radical (unpaired) electrons. The zero-order chi connectivity index (χ0) is 10.1. The van der Waals surface area contributed by atoms with Crippen LogP contribution in [0.5, 0.6) is 0 Å². The first kappa shape index (κ1) is 9.92. The van der Waals surface area contributed by atoms with Crippen molar-refractivity contribution in [3.63, 3.8) is 0 Å². The number of β-amino-alcohol motifs (C(OH)–C–C–N with tert-alkyl or cyclic N) is 1. The van der Waals surface area contributed by atoms with E-state index in [9.17, 15) is 4.79 Å². The number of halogens is 1. The summed E-state index contributed by atoms with van der Waals surface area (Å²) in [5.41, 5.74) is 0. The van der Waals surface area contributed by atoms with Crippen molar-refractivity contribution in [1.29, 1.82) is 0 Å². The zero-order valence-electron chi connectivity index (χ0n) is 7.14. The number of hydroxylamine groups is 2. The van der Waals surface area contributed by atoms with Crippen LogP contribution in [0.1, 0.15) is 9.67 Å². The summed E-state index contributed by atoms with van der Waals surface area (Å²) >= 11 is 7.06. The maximum absolute atomic E-state index is 11.7. The third kappa shape index (κ3) is 1.76. The van der Waals surface area contributed by atoms with Gasteiger partial charge in [0.25, 0.3) is 5.91 Å². The van der Waals surface area contributed by atoms with Gasteiger partial charge in [0.1, 0.15) is 17.6 Å². The van der Waals surface area contributed by atoms with Crippen LogP contribution in [0, 0.1) is 0 Å². The van der Waals surface area contributed by atoms with Gasteiger partial charge in [-0.15, -0.1) is 11.3 Å². The molecule has 1 aliphatic rings. The van der Waals surface area contributed by atoms with Gasteiger partial charge in [-0.1, -0.05) is 11.6 Å². The Hall–Kier alpha value is -0.620. The van der Waals surface area contributed by atoms with Crippen LogP contribution < -0.4 is 0 Å². The van der Waals surface area contributed by atoms with Crippen LogP contribution in [-0.2, 0) is 4.84 Å². The van der Waals surface area contributed by atoms with E-state index in [1.165, 1.54) is 11.3 Å². The molecule has 2 heterocycles. The van der Waals surface area contributed by atoms with Gasteiger partial charge in [0, 0.05) is 0 Å². The van der Waals surface area contributed by atoms with E-state index in [-0.39, 0.29) is 19.1 Å². The molecule has 4 nitrogen and oxygen atoms in total. The molecule has 1 atom stereocenters. The van der Waals surface area contributed by atoms with Gasteiger partial charge in [-0.05, 0) is 11.4 Å². The van der Waals surface area contributed by atoms with Crippen molar-refractivity contribution in [2.24, 2.45) is 0 Å². The molecule has 0 aliphatic carbocycles. The lowest BCUT2D eigenvalue weighted by molar-refractivity contribution is -0.0776. The molecule has 0 saturated carbocycles. The second kappa shape index (κ2) is 3.86. The third-order valence-electron chi connectivity index (χ3n) is 1.84. The van der Waals surface area contributed by atoms with Gasteiger partial charge in [0.15, 0.2) is 0 Å². The molecule has 1 fully saturated rings. The summed E-state index contributed by atoms with van der Waals surface area (Å²) in [7, 11) is 0. The molecule has 0 bridgehead atoms. The van der Waals surface area contributed by atoms with E-state index in [4.69, 9.17) is 21.5 Å². The summed E-state index contributed by atoms with van der Waals surface area (Å²) in [6.07, 6.45) is -0.599. The molecule has 0 unspecified atom stereocenters. The van der Waals surface area contributed by atoms with Gasteiger partial charge in [0.05, 0.1) is 11.6 Å². The molecule has 14 heavy (non-hydrogen) atoms. The van der Waals surface area contributed by atoms with Gasteiger partial charge < -0.3 is 5.11 Å². The minimum absolute atomic E-state index is 0.161. The van der Waals surface area contributed by atoms with Crippen molar-refractivity contribution in [1.82, 2.24) is 5.06 Å². The van der Waals surface area contributed by atoms with Gasteiger partial charge in [-0.2, -0.15) is 0 Å². The maximum Gasteiger partial charge on any atom is 0.289 e. The quantitative estimate of drug-likeness (QED) is 0.792. The number of hydrogen-bond acceptors (Lipinski definition) is 4. The maximum atomic E-state index is 11.7. The number of carbonyl (C=O) groups is 1. The summed E-state index contributed by atoms with van der Waals surface area (Å²) in [4.78, 5) is 17.1. The Morgan fingerprint density at radius 2 is 2.57 bits per heavy atom. The van der Waals surface area contributed by atoms with Gasteiger partial charge in [0.2, 0.25) is 0 Å². The predicted octanol–water partition coefficient (Wildman–Crippen LogP) is 1.15. The normalized spacial score (nSPS) is 21.6. The highest BCUT2D eigenvalue weighted by atomic mass is 35.5. The lowest BCUT2D eigenvalue weighted by Crippen LogP contribution is -2.27. The van der Waals surface area contributed by atoms with Crippen LogP contribution >= 0.6 is 22.9 Å². The molecule has 1 aromatic heterocycles. The Labute approximate surface area is 89.6 Å². The zero-order valence-corrected chi connectivity index (χ0v) is 8.72. The van der Waals surface area contributed by atoms with E-state index in [1.54, 1.807) is 11.4 Å². The summed E-state index contributed by atoms with van der Waals surface area (Å²) in [5, 5.41) is 12.5. The molecule has 1 saturated heterocycles. The second-order valence-electron chi connectivity index (χ2n) is 2.91. The Bertz CT molecular complexity index is 354. The highest BCUT2D eigenvalue weighted by Gasteiger charge is 2.28. The van der Waals surface area contributed by atoms with Crippen LogP contribution in [0.15, 0.2) is 11.4 Å². The Morgan fingerprint density at radius 3 is 3.07 bits per heavy atom. The minimum Gasteiger partial charge on any atom is -0.389 e. The fraction of sp³-hybridized carbons (Fsp3) is 0.375. The van der Waals surface area contributed by atoms with E-state index in [1.807, 2.05) is 0 Å². The van der Waals surface area contributed by atoms with E-state index >= 15 is 0 Å². The molecule has 2 rings (SSSR count). The van der Waals surface area contributed by atoms with Gasteiger partial charge in [-0.25, -0.2) is 5.06 Å². The third-order valence-corrected chi connectivity index (χ3v) is 3.17. The first-order chi connectivity index (χ1) is 6.68. The number of nitrogens with zero attached hydrogens (tertiary/aromatic N) is 1. The predicted molar refractivity (Wildman–Crippen MR) is 52.3 cm³/mol. The van der Waals surface area contributed by atoms with Crippen LogP contribution in [0.4, 0.5) is 0 Å². The molecule has 1 aromatic rings. The summed E-state index contributed by atoms with van der Waals surface area (Å²) in [5.74, 6) is -0.290. The molecule has 76 valence electrons. The number of thiophene rings is 1. The molecule has 1 N–H and O–H groups in total. The van der Waals surface area contributed by atoms with Crippen molar-refractivity contribution in [3.8, 4) is 0 Å². The van der Waals surface area contributed by atoms with Crippen molar-refractivity contribution in [3.05, 3.63) is 21.3 Å². The first-order valence-electron chi connectivity index (χ1n) is 4.04. The Morgan fingerprint density at radius 1 is 1.79 bits per heavy atom. The van der Waals surface area contributed by atoms with Crippen molar-refractivity contribution < 1.29 is 14.7 Å². The van der Waals surface area contributed by atoms with Gasteiger partial charge >= 0.3 is 0 Å². The number of rotatable bonds is 1. The Balaban J connectivity index is 2.13. The number of aliphatic hydroxyl groups excluding tert-OH is 1. The standard InChI is InChI=1S/C8H8ClNO3S/c9-6-1-2-14-7(6)8(12)10-3-5(11)4-13-10/h1-2,5,11H,3-4H2/t5-/m1/s1.